The minimum Gasteiger partial charge on any atom is -0.443 e. The number of nitrogens with zero attached hydrogens (tertiary/aromatic N) is 1. The maximum absolute atomic E-state index is 12.0. The predicted octanol–water partition coefficient (Wildman–Crippen LogP) is 1.57. The molecule has 1 aromatic rings. The van der Waals surface area contributed by atoms with Crippen LogP contribution < -0.4 is 5.32 Å². The van der Waals surface area contributed by atoms with Crippen LogP contribution in [0.15, 0.2) is 10.6 Å². The minimum atomic E-state index is -3.04. The SMILES string of the molecule is O=S1(=O)CCCCC1c1cnc(CNC2CC2)o1. The van der Waals surface area contributed by atoms with Gasteiger partial charge in [0.2, 0.25) is 5.89 Å². The Kier molecular flexibility index (Phi) is 3.15. The van der Waals surface area contributed by atoms with Crippen molar-refractivity contribution in [2.45, 2.75) is 49.9 Å². The molecule has 0 aromatic carbocycles. The summed E-state index contributed by atoms with van der Waals surface area (Å²) in [5.41, 5.74) is 0. The topological polar surface area (TPSA) is 72.2 Å². The van der Waals surface area contributed by atoms with Crippen molar-refractivity contribution < 1.29 is 12.8 Å². The third-order valence-corrected chi connectivity index (χ3v) is 5.78. The van der Waals surface area contributed by atoms with E-state index in [-0.39, 0.29) is 5.75 Å². The van der Waals surface area contributed by atoms with Crippen LogP contribution in [0.5, 0.6) is 0 Å². The molecule has 3 rings (SSSR count). The molecule has 1 aliphatic heterocycles. The highest BCUT2D eigenvalue weighted by Crippen LogP contribution is 2.33. The molecule has 2 fully saturated rings. The second-order valence-corrected chi connectivity index (χ2v) is 7.47. The third kappa shape index (κ3) is 2.59. The fraction of sp³-hybridized carbons (Fsp3) is 0.750. The average molecular weight is 270 g/mol. The van der Waals surface area contributed by atoms with Gasteiger partial charge in [-0.2, -0.15) is 0 Å². The van der Waals surface area contributed by atoms with Gasteiger partial charge in [0.15, 0.2) is 9.84 Å². The van der Waals surface area contributed by atoms with Gasteiger partial charge in [0, 0.05) is 6.04 Å². The second kappa shape index (κ2) is 4.66. The van der Waals surface area contributed by atoms with Gasteiger partial charge in [-0.15, -0.1) is 0 Å². The van der Waals surface area contributed by atoms with Crippen LogP contribution in [0.3, 0.4) is 0 Å². The number of aromatic nitrogens is 1. The summed E-state index contributed by atoms with van der Waals surface area (Å²) in [6.07, 6.45) is 6.38. The van der Waals surface area contributed by atoms with E-state index in [0.29, 0.717) is 30.7 Å². The number of sulfone groups is 1. The van der Waals surface area contributed by atoms with E-state index >= 15 is 0 Å². The number of hydrogen-bond donors (Lipinski definition) is 1. The van der Waals surface area contributed by atoms with Crippen molar-refractivity contribution in [3.63, 3.8) is 0 Å². The van der Waals surface area contributed by atoms with Gasteiger partial charge in [-0.3, -0.25) is 0 Å². The monoisotopic (exact) mass is 270 g/mol. The standard InChI is InChI=1S/C12H18N2O3S/c15-18(16)6-2-1-3-11(18)10-7-14-12(17-10)8-13-9-4-5-9/h7,9,11,13H,1-6,8H2. The van der Waals surface area contributed by atoms with Crippen LogP contribution >= 0.6 is 0 Å². The van der Waals surface area contributed by atoms with Crippen LogP contribution in [0.25, 0.3) is 0 Å². The van der Waals surface area contributed by atoms with E-state index in [2.05, 4.69) is 10.3 Å². The smallest absolute Gasteiger partial charge is 0.208 e. The van der Waals surface area contributed by atoms with Crippen molar-refractivity contribution in [1.82, 2.24) is 10.3 Å². The Hall–Kier alpha value is -0.880. The summed E-state index contributed by atoms with van der Waals surface area (Å²) in [6, 6.07) is 0.596. The highest BCUT2D eigenvalue weighted by molar-refractivity contribution is 7.91. The largest absolute Gasteiger partial charge is 0.443 e. The molecule has 1 atom stereocenters. The predicted molar refractivity (Wildman–Crippen MR) is 66.7 cm³/mol. The Morgan fingerprint density at radius 3 is 2.89 bits per heavy atom. The summed E-state index contributed by atoms with van der Waals surface area (Å²) in [5, 5.41) is 2.83. The van der Waals surface area contributed by atoms with Crippen LogP contribution in [-0.4, -0.2) is 25.2 Å². The Balaban J connectivity index is 1.70. The molecule has 5 nitrogen and oxygen atoms in total. The first-order chi connectivity index (χ1) is 8.65. The number of hydrogen-bond acceptors (Lipinski definition) is 5. The molecule has 0 radical (unpaired) electrons. The summed E-state index contributed by atoms with van der Waals surface area (Å²) in [7, 11) is -3.04. The fourth-order valence-corrected chi connectivity index (χ4v) is 4.23. The molecule has 1 aliphatic carbocycles. The number of nitrogens with one attached hydrogen (secondary N) is 1. The summed E-state index contributed by atoms with van der Waals surface area (Å²) in [5.74, 6) is 1.38. The molecule has 6 heteroatoms. The zero-order valence-corrected chi connectivity index (χ0v) is 11.1. The molecule has 1 N–H and O–H groups in total. The van der Waals surface area contributed by atoms with E-state index in [1.807, 2.05) is 0 Å². The Morgan fingerprint density at radius 1 is 1.33 bits per heavy atom. The minimum absolute atomic E-state index is 0.272. The maximum Gasteiger partial charge on any atom is 0.208 e. The lowest BCUT2D eigenvalue weighted by molar-refractivity contribution is 0.416. The molecule has 18 heavy (non-hydrogen) atoms. The zero-order chi connectivity index (χ0) is 12.6. The van der Waals surface area contributed by atoms with E-state index in [4.69, 9.17) is 4.42 Å². The number of rotatable bonds is 4. The molecule has 0 bridgehead atoms. The van der Waals surface area contributed by atoms with Crippen LogP contribution in [0.4, 0.5) is 0 Å². The molecule has 1 unspecified atom stereocenters. The lowest BCUT2D eigenvalue weighted by atomic mass is 10.1. The first-order valence-corrected chi connectivity index (χ1v) is 8.26. The van der Waals surface area contributed by atoms with Gasteiger partial charge in [-0.1, -0.05) is 6.42 Å². The zero-order valence-electron chi connectivity index (χ0n) is 10.3. The van der Waals surface area contributed by atoms with Gasteiger partial charge in [-0.05, 0) is 25.7 Å². The Bertz CT molecular complexity index is 519. The van der Waals surface area contributed by atoms with E-state index < -0.39 is 15.1 Å². The van der Waals surface area contributed by atoms with Crippen molar-refractivity contribution in [2.75, 3.05) is 5.75 Å². The van der Waals surface area contributed by atoms with Gasteiger partial charge in [0.05, 0.1) is 18.5 Å². The summed E-state index contributed by atoms with van der Waals surface area (Å²) < 4.78 is 29.5. The molecule has 0 amide bonds. The molecule has 0 spiro atoms. The number of oxazole rings is 1. The second-order valence-electron chi connectivity index (χ2n) is 5.16. The molecule has 2 heterocycles. The van der Waals surface area contributed by atoms with E-state index in [1.165, 1.54) is 12.8 Å². The van der Waals surface area contributed by atoms with E-state index in [1.54, 1.807) is 6.20 Å². The lowest BCUT2D eigenvalue weighted by Gasteiger charge is -2.19. The third-order valence-electron chi connectivity index (χ3n) is 3.59. The maximum atomic E-state index is 12.0. The first kappa shape index (κ1) is 12.2. The molecule has 2 aliphatic rings. The van der Waals surface area contributed by atoms with Gasteiger partial charge < -0.3 is 9.73 Å². The average Bonchev–Trinajstić information content (AvgIpc) is 3.05. The molecular weight excluding hydrogens is 252 g/mol. The van der Waals surface area contributed by atoms with Crippen LogP contribution in [0.2, 0.25) is 0 Å². The van der Waals surface area contributed by atoms with Gasteiger partial charge in [-0.25, -0.2) is 13.4 Å². The van der Waals surface area contributed by atoms with Gasteiger partial charge in [0.25, 0.3) is 0 Å². The Morgan fingerprint density at radius 2 is 2.17 bits per heavy atom. The lowest BCUT2D eigenvalue weighted by Crippen LogP contribution is -2.21. The molecule has 1 saturated heterocycles. The summed E-state index contributed by atoms with van der Waals surface area (Å²) in [6.45, 7) is 0.595. The van der Waals surface area contributed by atoms with Crippen molar-refractivity contribution >= 4 is 9.84 Å². The van der Waals surface area contributed by atoms with Crippen molar-refractivity contribution in [3.05, 3.63) is 17.8 Å². The van der Waals surface area contributed by atoms with Crippen molar-refractivity contribution in [1.29, 1.82) is 0 Å². The first-order valence-electron chi connectivity index (χ1n) is 6.55. The fourth-order valence-electron chi connectivity index (χ4n) is 2.35. The van der Waals surface area contributed by atoms with Gasteiger partial charge in [0.1, 0.15) is 11.0 Å². The molecular formula is C12H18N2O3S. The summed E-state index contributed by atoms with van der Waals surface area (Å²) >= 11 is 0. The summed E-state index contributed by atoms with van der Waals surface area (Å²) in [4.78, 5) is 4.16. The van der Waals surface area contributed by atoms with Crippen molar-refractivity contribution in [2.24, 2.45) is 0 Å². The molecule has 1 saturated carbocycles. The van der Waals surface area contributed by atoms with Crippen LogP contribution in [0, 0.1) is 0 Å². The van der Waals surface area contributed by atoms with E-state index in [9.17, 15) is 8.42 Å². The quantitative estimate of drug-likeness (QED) is 0.899. The molecule has 1 aromatic heterocycles. The van der Waals surface area contributed by atoms with Crippen LogP contribution in [-0.2, 0) is 16.4 Å². The van der Waals surface area contributed by atoms with E-state index in [0.717, 1.165) is 12.8 Å². The van der Waals surface area contributed by atoms with Crippen molar-refractivity contribution in [3.8, 4) is 0 Å². The highest BCUT2D eigenvalue weighted by Gasteiger charge is 2.33. The van der Waals surface area contributed by atoms with Crippen LogP contribution in [0.1, 0.15) is 49.0 Å². The Labute approximate surface area is 107 Å². The molecule has 100 valence electrons. The highest BCUT2D eigenvalue weighted by atomic mass is 32.2. The van der Waals surface area contributed by atoms with Gasteiger partial charge >= 0.3 is 0 Å². The normalized spacial score (nSPS) is 27.2.